The van der Waals surface area contributed by atoms with E-state index in [-0.39, 0.29) is 11.9 Å². The van der Waals surface area contributed by atoms with Gasteiger partial charge in [0.25, 0.3) is 0 Å². The number of likely N-dealkylation sites (tertiary alicyclic amines) is 1. The van der Waals surface area contributed by atoms with Gasteiger partial charge in [0.15, 0.2) is 17.5 Å². The van der Waals surface area contributed by atoms with Gasteiger partial charge < -0.3 is 29.9 Å². The molecule has 0 saturated carbocycles. The fourth-order valence-corrected chi connectivity index (χ4v) is 3.94. The van der Waals surface area contributed by atoms with Crippen LogP contribution in [-0.4, -0.2) is 83.2 Å². The van der Waals surface area contributed by atoms with Crippen LogP contribution < -0.4 is 20.1 Å². The third kappa shape index (κ3) is 7.02. The highest BCUT2D eigenvalue weighted by Gasteiger charge is 2.24. The Labute approximate surface area is 187 Å². The fraction of sp³-hybridized carbons (Fsp3) is 0.652. The molecule has 1 fully saturated rings. The van der Waals surface area contributed by atoms with Gasteiger partial charge in [0.2, 0.25) is 5.91 Å². The first-order chi connectivity index (χ1) is 14.9. The van der Waals surface area contributed by atoms with Crippen molar-refractivity contribution in [2.24, 2.45) is 10.9 Å². The average molecular weight is 434 g/mol. The number of benzene rings is 1. The molecular weight excluding hydrogens is 394 g/mol. The van der Waals surface area contributed by atoms with Crippen molar-refractivity contribution in [1.82, 2.24) is 20.4 Å². The summed E-state index contributed by atoms with van der Waals surface area (Å²) < 4.78 is 10.9. The molecule has 0 radical (unpaired) electrons. The van der Waals surface area contributed by atoms with E-state index in [1.54, 1.807) is 21.3 Å². The second-order valence-electron chi connectivity index (χ2n) is 8.10. The smallest absolute Gasteiger partial charge is 0.220 e. The van der Waals surface area contributed by atoms with Crippen LogP contribution in [0.15, 0.2) is 23.2 Å². The largest absolute Gasteiger partial charge is 0.493 e. The van der Waals surface area contributed by atoms with E-state index in [0.29, 0.717) is 18.9 Å². The topological polar surface area (TPSA) is 78.4 Å². The first kappa shape index (κ1) is 24.8. The van der Waals surface area contributed by atoms with Gasteiger partial charge in [-0.3, -0.25) is 9.79 Å². The number of ether oxygens (including phenoxy) is 2. The quantitative estimate of drug-likeness (QED) is 0.459. The molecule has 0 spiro atoms. The van der Waals surface area contributed by atoms with Crippen LogP contribution >= 0.6 is 0 Å². The van der Waals surface area contributed by atoms with Crippen LogP contribution in [0.25, 0.3) is 0 Å². The molecule has 174 valence electrons. The van der Waals surface area contributed by atoms with Crippen molar-refractivity contribution in [3.63, 3.8) is 0 Å². The highest BCUT2D eigenvalue weighted by molar-refractivity contribution is 5.80. The van der Waals surface area contributed by atoms with Crippen LogP contribution in [0, 0.1) is 5.92 Å². The SMILES string of the molecule is CCNC(=NCC(c1ccc(OC)c(OC)c1)N(C)C)N1CCC(CC(=O)NC)CC1. The molecule has 8 nitrogen and oxygen atoms in total. The number of likely N-dealkylation sites (N-methyl/N-ethyl adjacent to an activating group) is 1. The summed E-state index contributed by atoms with van der Waals surface area (Å²) in [6.45, 7) is 5.36. The normalized spacial score (nSPS) is 16.2. The second kappa shape index (κ2) is 12.4. The number of rotatable bonds is 9. The van der Waals surface area contributed by atoms with E-state index in [9.17, 15) is 4.79 Å². The summed E-state index contributed by atoms with van der Waals surface area (Å²) in [5.41, 5.74) is 1.13. The van der Waals surface area contributed by atoms with Crippen LogP contribution in [0.1, 0.15) is 37.8 Å². The third-order valence-electron chi connectivity index (χ3n) is 5.83. The maximum Gasteiger partial charge on any atom is 0.220 e. The van der Waals surface area contributed by atoms with Crippen molar-refractivity contribution < 1.29 is 14.3 Å². The standard InChI is InChI=1S/C23H39N5O3/c1-7-25-23(28-12-10-17(11-13-28)14-22(29)24-2)26-16-19(27(3)4)18-8-9-20(30-5)21(15-18)31-6/h8-9,15,17,19H,7,10-14,16H2,1-6H3,(H,24,29)(H,25,26). The Bertz CT molecular complexity index is 730. The average Bonchev–Trinajstić information content (AvgIpc) is 2.78. The summed E-state index contributed by atoms with van der Waals surface area (Å²) in [5, 5.41) is 6.17. The van der Waals surface area contributed by atoms with Gasteiger partial charge in [-0.2, -0.15) is 0 Å². The summed E-state index contributed by atoms with van der Waals surface area (Å²) >= 11 is 0. The van der Waals surface area contributed by atoms with E-state index in [1.165, 1.54) is 0 Å². The van der Waals surface area contributed by atoms with Gasteiger partial charge in [0.1, 0.15) is 0 Å². The van der Waals surface area contributed by atoms with Crippen molar-refractivity contribution in [1.29, 1.82) is 0 Å². The van der Waals surface area contributed by atoms with E-state index >= 15 is 0 Å². The van der Waals surface area contributed by atoms with Crippen LogP contribution in [0.2, 0.25) is 0 Å². The zero-order valence-electron chi connectivity index (χ0n) is 19.9. The molecule has 0 aromatic heterocycles. The van der Waals surface area contributed by atoms with Crippen LogP contribution in [0.3, 0.4) is 0 Å². The van der Waals surface area contributed by atoms with Crippen molar-refractivity contribution in [2.75, 3.05) is 61.5 Å². The molecule has 1 aliphatic rings. The molecule has 0 bridgehead atoms. The second-order valence-corrected chi connectivity index (χ2v) is 8.10. The van der Waals surface area contributed by atoms with E-state index in [2.05, 4.69) is 47.5 Å². The number of aliphatic imine (C=N–C) groups is 1. The van der Waals surface area contributed by atoms with Crippen LogP contribution in [-0.2, 0) is 4.79 Å². The molecule has 0 aliphatic carbocycles. The molecule has 31 heavy (non-hydrogen) atoms. The molecule has 1 atom stereocenters. The Morgan fingerprint density at radius 2 is 1.90 bits per heavy atom. The lowest BCUT2D eigenvalue weighted by Gasteiger charge is -2.34. The van der Waals surface area contributed by atoms with Gasteiger partial charge >= 0.3 is 0 Å². The Kier molecular flexibility index (Phi) is 9.91. The lowest BCUT2D eigenvalue weighted by atomic mass is 9.93. The van der Waals surface area contributed by atoms with E-state index < -0.39 is 0 Å². The van der Waals surface area contributed by atoms with Crippen molar-refractivity contribution in [3.05, 3.63) is 23.8 Å². The molecule has 8 heteroatoms. The van der Waals surface area contributed by atoms with Gasteiger partial charge in [0.05, 0.1) is 26.8 Å². The number of hydrogen-bond acceptors (Lipinski definition) is 5. The molecule has 1 aromatic carbocycles. The molecule has 1 unspecified atom stereocenters. The first-order valence-electron chi connectivity index (χ1n) is 11.1. The molecule has 1 amide bonds. The van der Waals surface area contributed by atoms with Crippen molar-refractivity contribution in [3.8, 4) is 11.5 Å². The van der Waals surface area contributed by atoms with Gasteiger partial charge in [-0.15, -0.1) is 0 Å². The predicted octanol–water partition coefficient (Wildman–Crippen LogP) is 2.12. The maximum absolute atomic E-state index is 11.7. The van der Waals surface area contributed by atoms with Gasteiger partial charge in [-0.05, 0) is 57.5 Å². The third-order valence-corrected chi connectivity index (χ3v) is 5.83. The van der Waals surface area contributed by atoms with E-state index in [0.717, 1.165) is 55.5 Å². The number of methoxy groups -OCH3 is 2. The minimum atomic E-state index is 0.110. The summed E-state index contributed by atoms with van der Waals surface area (Å²) in [6, 6.07) is 6.14. The lowest BCUT2D eigenvalue weighted by Crippen LogP contribution is -2.46. The predicted molar refractivity (Wildman–Crippen MR) is 125 cm³/mol. The highest BCUT2D eigenvalue weighted by atomic mass is 16.5. The maximum atomic E-state index is 11.7. The van der Waals surface area contributed by atoms with E-state index in [4.69, 9.17) is 14.5 Å². The summed E-state index contributed by atoms with van der Waals surface area (Å²) in [5.74, 6) is 2.96. The number of nitrogens with one attached hydrogen (secondary N) is 2. The Morgan fingerprint density at radius 3 is 2.45 bits per heavy atom. The molecule has 2 rings (SSSR count). The highest BCUT2D eigenvalue weighted by Crippen LogP contribution is 2.31. The summed E-state index contributed by atoms with van der Waals surface area (Å²) in [7, 11) is 9.13. The molecule has 2 N–H and O–H groups in total. The molecule has 1 aromatic rings. The zero-order valence-corrected chi connectivity index (χ0v) is 19.9. The number of amides is 1. The van der Waals surface area contributed by atoms with Crippen LogP contribution in [0.5, 0.6) is 11.5 Å². The zero-order chi connectivity index (χ0) is 22.8. The molecular formula is C23H39N5O3. The number of piperidine rings is 1. The number of hydrogen-bond donors (Lipinski definition) is 2. The molecule has 1 aliphatic heterocycles. The number of carbonyl (C=O) groups excluding carboxylic acids is 1. The van der Waals surface area contributed by atoms with Gasteiger partial charge in [-0.1, -0.05) is 6.07 Å². The van der Waals surface area contributed by atoms with E-state index in [1.807, 2.05) is 12.1 Å². The lowest BCUT2D eigenvalue weighted by molar-refractivity contribution is -0.121. The van der Waals surface area contributed by atoms with Crippen molar-refractivity contribution in [2.45, 2.75) is 32.2 Å². The minimum Gasteiger partial charge on any atom is -0.493 e. The van der Waals surface area contributed by atoms with Crippen molar-refractivity contribution >= 4 is 11.9 Å². The number of nitrogens with zero attached hydrogens (tertiary/aromatic N) is 3. The monoisotopic (exact) mass is 433 g/mol. The molecule has 1 saturated heterocycles. The molecule has 1 heterocycles. The summed E-state index contributed by atoms with van der Waals surface area (Å²) in [4.78, 5) is 21.1. The summed E-state index contributed by atoms with van der Waals surface area (Å²) in [6.07, 6.45) is 2.62. The number of guanidine groups is 1. The van der Waals surface area contributed by atoms with Gasteiger partial charge in [-0.25, -0.2) is 0 Å². The Balaban J connectivity index is 2.11. The first-order valence-corrected chi connectivity index (χ1v) is 11.1. The Morgan fingerprint density at radius 1 is 1.23 bits per heavy atom. The minimum absolute atomic E-state index is 0.110. The van der Waals surface area contributed by atoms with Gasteiger partial charge in [0, 0.05) is 33.1 Å². The van der Waals surface area contributed by atoms with Crippen LogP contribution in [0.4, 0.5) is 0 Å². The fourth-order valence-electron chi connectivity index (χ4n) is 3.94. The number of carbonyl (C=O) groups is 1. The Hall–Kier alpha value is -2.48.